The third-order valence-electron chi connectivity index (χ3n) is 6.51. The molecule has 1 fully saturated rings. The lowest BCUT2D eigenvalue weighted by Gasteiger charge is -2.30. The van der Waals surface area contributed by atoms with Crippen LogP contribution < -0.4 is 10.6 Å². The number of piperidine rings is 1. The lowest BCUT2D eigenvalue weighted by atomic mass is 9.98. The molecule has 5 rings (SSSR count). The van der Waals surface area contributed by atoms with Crippen LogP contribution in [-0.2, 0) is 19.3 Å². The Labute approximate surface area is 210 Å². The predicted molar refractivity (Wildman–Crippen MR) is 131 cm³/mol. The second-order valence-electron chi connectivity index (χ2n) is 8.94. The van der Waals surface area contributed by atoms with Gasteiger partial charge in [0.05, 0.1) is 10.7 Å². The van der Waals surface area contributed by atoms with E-state index in [9.17, 15) is 13.2 Å². The van der Waals surface area contributed by atoms with Crippen molar-refractivity contribution in [2.24, 2.45) is 0 Å². The Morgan fingerprint density at radius 3 is 2.54 bits per heavy atom. The summed E-state index contributed by atoms with van der Waals surface area (Å²) < 4.78 is 39.9. The van der Waals surface area contributed by atoms with Gasteiger partial charge in [-0.3, -0.25) is 10.6 Å². The first-order valence-corrected chi connectivity index (χ1v) is 12.8. The molecule has 0 saturated carbocycles. The highest BCUT2D eigenvalue weighted by Crippen LogP contribution is 2.32. The average Bonchev–Trinajstić information content (AvgIpc) is 3.40. The van der Waals surface area contributed by atoms with E-state index < -0.39 is 11.9 Å². The number of hydrogen-bond donors (Lipinski definition) is 2. The zero-order valence-corrected chi connectivity index (χ0v) is 20.7. The molecule has 2 aliphatic rings. The smallest absolute Gasteiger partial charge is 0.376 e. The zero-order chi connectivity index (χ0) is 24.6. The summed E-state index contributed by atoms with van der Waals surface area (Å²) in [4.78, 5) is 7.07. The van der Waals surface area contributed by atoms with Gasteiger partial charge >= 0.3 is 6.18 Å². The van der Waals surface area contributed by atoms with Gasteiger partial charge < -0.3 is 4.90 Å². The van der Waals surface area contributed by atoms with Gasteiger partial charge in [-0.05, 0) is 49.1 Å². The molecule has 0 spiro atoms. The van der Waals surface area contributed by atoms with E-state index in [1.54, 1.807) is 24.5 Å². The number of nitrogens with zero attached hydrogens (tertiary/aromatic N) is 4. The van der Waals surface area contributed by atoms with Crippen LogP contribution in [0.2, 0.25) is 5.02 Å². The van der Waals surface area contributed by atoms with Gasteiger partial charge in [0.2, 0.25) is 0 Å². The standard InChI is InChI=1S/C24H26ClF3N6S/c1-15-10-21(24(26,27)28)32-34(15)9-8-33-6-4-16(5-7-33)23-31-20(14-35-23)22-29-12-17-2-3-19(25)11-18(17)13-30-22/h2-3,8-11,14,16,22,29-30H,4-7,12-13H2,1H3. The van der Waals surface area contributed by atoms with Crippen LogP contribution in [0, 0.1) is 6.92 Å². The van der Waals surface area contributed by atoms with E-state index >= 15 is 0 Å². The predicted octanol–water partition coefficient (Wildman–Crippen LogP) is 5.52. The molecule has 0 amide bonds. The molecule has 1 aromatic carbocycles. The molecule has 1 unspecified atom stereocenters. The van der Waals surface area contributed by atoms with Gasteiger partial charge in [-0.25, -0.2) is 9.67 Å². The highest BCUT2D eigenvalue weighted by Gasteiger charge is 2.34. The van der Waals surface area contributed by atoms with Crippen LogP contribution in [0.4, 0.5) is 13.2 Å². The van der Waals surface area contributed by atoms with Gasteiger partial charge in [-0.1, -0.05) is 17.7 Å². The minimum atomic E-state index is -4.44. The number of halogens is 4. The summed E-state index contributed by atoms with van der Waals surface area (Å²) >= 11 is 7.84. The molecule has 3 aromatic rings. The third kappa shape index (κ3) is 5.55. The SMILES string of the molecule is Cc1cc(C(F)(F)F)nn1C=CN1CCC(c2nc(C3NCc4ccc(Cl)cc4CN3)cs2)CC1. The molecular formula is C24H26ClF3N6S. The largest absolute Gasteiger partial charge is 0.435 e. The van der Waals surface area contributed by atoms with E-state index in [1.807, 2.05) is 18.3 Å². The highest BCUT2D eigenvalue weighted by molar-refractivity contribution is 7.09. The van der Waals surface area contributed by atoms with Gasteiger partial charge in [-0.2, -0.15) is 18.3 Å². The summed E-state index contributed by atoms with van der Waals surface area (Å²) in [6, 6.07) is 7.04. The summed E-state index contributed by atoms with van der Waals surface area (Å²) in [6.07, 6.45) is 0.854. The Hall–Kier alpha value is -2.40. The van der Waals surface area contributed by atoms with Crippen molar-refractivity contribution in [1.82, 2.24) is 30.3 Å². The number of nitrogens with one attached hydrogen (secondary N) is 2. The maximum Gasteiger partial charge on any atom is 0.435 e. The molecule has 0 bridgehead atoms. The fraction of sp³-hybridized carbons (Fsp3) is 0.417. The second kappa shape index (κ2) is 9.93. The Kier molecular flexibility index (Phi) is 6.89. The van der Waals surface area contributed by atoms with Gasteiger partial charge in [0.1, 0.15) is 6.17 Å². The van der Waals surface area contributed by atoms with E-state index in [4.69, 9.17) is 16.6 Å². The van der Waals surface area contributed by atoms with Gasteiger partial charge in [0.25, 0.3) is 0 Å². The van der Waals surface area contributed by atoms with Crippen molar-refractivity contribution in [3.63, 3.8) is 0 Å². The van der Waals surface area contributed by atoms with Crippen molar-refractivity contribution in [2.75, 3.05) is 13.1 Å². The lowest BCUT2D eigenvalue weighted by Crippen LogP contribution is -2.31. The minimum absolute atomic E-state index is 0.0203. The number of alkyl halides is 3. The zero-order valence-electron chi connectivity index (χ0n) is 19.1. The molecule has 2 N–H and O–H groups in total. The van der Waals surface area contributed by atoms with Crippen LogP contribution in [0.3, 0.4) is 0 Å². The number of thiazole rings is 1. The fourth-order valence-electron chi connectivity index (χ4n) is 4.49. The molecule has 0 radical (unpaired) electrons. The first kappa shape index (κ1) is 24.3. The number of likely N-dealkylation sites (tertiary alicyclic amines) is 1. The van der Waals surface area contributed by atoms with Crippen molar-refractivity contribution in [2.45, 2.75) is 51.1 Å². The Morgan fingerprint density at radius 1 is 1.09 bits per heavy atom. The van der Waals surface area contributed by atoms with Crippen molar-refractivity contribution < 1.29 is 13.2 Å². The van der Waals surface area contributed by atoms with Gasteiger partial charge in [0, 0.05) is 60.6 Å². The Morgan fingerprint density at radius 2 is 1.83 bits per heavy atom. The molecule has 11 heteroatoms. The van der Waals surface area contributed by atoms with Crippen LogP contribution in [0.25, 0.3) is 6.20 Å². The monoisotopic (exact) mass is 522 g/mol. The van der Waals surface area contributed by atoms with Crippen molar-refractivity contribution in [3.8, 4) is 0 Å². The summed E-state index contributed by atoms with van der Waals surface area (Å²) in [7, 11) is 0. The minimum Gasteiger partial charge on any atom is -0.376 e. The summed E-state index contributed by atoms with van der Waals surface area (Å²) in [5.41, 5.74) is 3.01. The average molecular weight is 523 g/mol. The third-order valence-corrected chi connectivity index (χ3v) is 7.77. The fourth-order valence-corrected chi connectivity index (χ4v) is 5.70. The molecule has 0 aliphatic carbocycles. The topological polar surface area (TPSA) is 58.0 Å². The van der Waals surface area contributed by atoms with Crippen molar-refractivity contribution in [3.05, 3.63) is 74.1 Å². The van der Waals surface area contributed by atoms with Crippen LogP contribution in [-0.4, -0.2) is 32.8 Å². The van der Waals surface area contributed by atoms with E-state index in [0.29, 0.717) is 11.6 Å². The molecular weight excluding hydrogens is 497 g/mol. The van der Waals surface area contributed by atoms with Gasteiger partial charge in [0.15, 0.2) is 5.69 Å². The molecule has 6 nitrogen and oxygen atoms in total. The quantitative estimate of drug-likeness (QED) is 0.472. The number of rotatable bonds is 4. The molecule has 1 saturated heterocycles. The first-order valence-electron chi connectivity index (χ1n) is 11.5. The van der Waals surface area contributed by atoms with Crippen molar-refractivity contribution >= 4 is 29.1 Å². The van der Waals surface area contributed by atoms with Crippen LogP contribution in [0.15, 0.2) is 35.8 Å². The van der Waals surface area contributed by atoms with E-state index in [-0.39, 0.29) is 6.17 Å². The molecule has 1 atom stereocenters. The Bertz CT molecular complexity index is 1210. The summed E-state index contributed by atoms with van der Waals surface area (Å²) in [6.45, 7) is 4.73. The molecule has 186 valence electrons. The highest BCUT2D eigenvalue weighted by atomic mass is 35.5. The molecule has 2 aromatic heterocycles. The van der Waals surface area contributed by atoms with Crippen LogP contribution >= 0.6 is 22.9 Å². The van der Waals surface area contributed by atoms with E-state index in [2.05, 4.69) is 32.1 Å². The number of hydrogen-bond acceptors (Lipinski definition) is 6. The van der Waals surface area contributed by atoms with Gasteiger partial charge in [-0.15, -0.1) is 11.3 Å². The number of benzene rings is 1. The van der Waals surface area contributed by atoms with Crippen molar-refractivity contribution in [1.29, 1.82) is 0 Å². The second-order valence-corrected chi connectivity index (χ2v) is 10.3. The van der Waals surface area contributed by atoms with E-state index in [1.165, 1.54) is 15.8 Å². The maximum absolute atomic E-state index is 12.9. The maximum atomic E-state index is 12.9. The van der Waals surface area contributed by atoms with Crippen LogP contribution in [0.5, 0.6) is 0 Å². The normalized spacial score (nSPS) is 19.8. The molecule has 35 heavy (non-hydrogen) atoms. The first-order chi connectivity index (χ1) is 16.8. The summed E-state index contributed by atoms with van der Waals surface area (Å²) in [5.74, 6) is 0.378. The number of fused-ring (bicyclic) bond motifs is 1. The molecule has 4 heterocycles. The van der Waals surface area contributed by atoms with E-state index in [0.717, 1.165) is 60.8 Å². The summed E-state index contributed by atoms with van der Waals surface area (Å²) in [5, 5.41) is 14.7. The number of aromatic nitrogens is 3. The molecule has 2 aliphatic heterocycles. The number of aryl methyl sites for hydroxylation is 1. The Balaban J connectivity index is 1.16. The lowest BCUT2D eigenvalue weighted by molar-refractivity contribution is -0.141. The van der Waals surface area contributed by atoms with Crippen LogP contribution in [0.1, 0.15) is 58.1 Å².